The maximum absolute atomic E-state index is 4.31. The van der Waals surface area contributed by atoms with Crippen LogP contribution >= 0.6 is 0 Å². The van der Waals surface area contributed by atoms with Crippen LogP contribution in [0.25, 0.3) is 11.1 Å². The van der Waals surface area contributed by atoms with Gasteiger partial charge in [-0.15, -0.1) is 0 Å². The summed E-state index contributed by atoms with van der Waals surface area (Å²) in [5, 5.41) is 0. The molecule has 0 saturated heterocycles. The SMILES string of the molecule is CCc1cccc(-c2ccc(C)nc2)c1. The molecule has 0 spiro atoms. The molecule has 2 aromatic rings. The maximum atomic E-state index is 4.31. The summed E-state index contributed by atoms with van der Waals surface area (Å²) < 4.78 is 0. The van der Waals surface area contributed by atoms with Gasteiger partial charge in [0.05, 0.1) is 0 Å². The Bertz CT molecular complexity index is 443. The molecule has 76 valence electrons. The topological polar surface area (TPSA) is 12.9 Å². The average molecular weight is 197 g/mol. The van der Waals surface area contributed by atoms with Crippen molar-refractivity contribution in [3.05, 3.63) is 53.9 Å². The van der Waals surface area contributed by atoms with E-state index in [0.29, 0.717) is 0 Å². The van der Waals surface area contributed by atoms with E-state index >= 15 is 0 Å². The monoisotopic (exact) mass is 197 g/mol. The van der Waals surface area contributed by atoms with Crippen molar-refractivity contribution in [3.63, 3.8) is 0 Å². The van der Waals surface area contributed by atoms with Gasteiger partial charge in [0.25, 0.3) is 0 Å². The summed E-state index contributed by atoms with van der Waals surface area (Å²) in [5.74, 6) is 0. The normalized spacial score (nSPS) is 10.3. The van der Waals surface area contributed by atoms with Crippen LogP contribution in [0.4, 0.5) is 0 Å². The van der Waals surface area contributed by atoms with E-state index in [9.17, 15) is 0 Å². The van der Waals surface area contributed by atoms with Crippen molar-refractivity contribution in [3.8, 4) is 11.1 Å². The number of rotatable bonds is 2. The quantitative estimate of drug-likeness (QED) is 0.716. The smallest absolute Gasteiger partial charge is 0.0373 e. The molecule has 1 aromatic heterocycles. The lowest BCUT2D eigenvalue weighted by Crippen LogP contribution is -1.85. The lowest BCUT2D eigenvalue weighted by Gasteiger charge is -2.03. The third-order valence-electron chi connectivity index (χ3n) is 2.58. The van der Waals surface area contributed by atoms with Crippen LogP contribution in [0.1, 0.15) is 18.2 Å². The van der Waals surface area contributed by atoms with Gasteiger partial charge in [-0.3, -0.25) is 4.98 Å². The van der Waals surface area contributed by atoms with Crippen LogP contribution < -0.4 is 0 Å². The van der Waals surface area contributed by atoms with Crippen LogP contribution in [0.3, 0.4) is 0 Å². The van der Waals surface area contributed by atoms with Crippen LogP contribution in [0.2, 0.25) is 0 Å². The van der Waals surface area contributed by atoms with Gasteiger partial charge in [-0.05, 0) is 30.5 Å². The highest BCUT2D eigenvalue weighted by Gasteiger charge is 1.98. The predicted octanol–water partition coefficient (Wildman–Crippen LogP) is 3.62. The minimum atomic E-state index is 1.06. The minimum absolute atomic E-state index is 1.06. The molecule has 1 aromatic carbocycles. The highest BCUT2D eigenvalue weighted by Crippen LogP contribution is 2.19. The summed E-state index contributed by atoms with van der Waals surface area (Å²) >= 11 is 0. The fraction of sp³-hybridized carbons (Fsp3) is 0.214. The molecule has 2 rings (SSSR count). The van der Waals surface area contributed by atoms with Gasteiger partial charge in [0.15, 0.2) is 0 Å². The van der Waals surface area contributed by atoms with Crippen LogP contribution in [-0.2, 0) is 6.42 Å². The van der Waals surface area contributed by atoms with Crippen molar-refractivity contribution in [2.45, 2.75) is 20.3 Å². The third-order valence-corrected chi connectivity index (χ3v) is 2.58. The number of benzene rings is 1. The molecule has 1 nitrogen and oxygen atoms in total. The Morgan fingerprint density at radius 3 is 2.60 bits per heavy atom. The molecule has 0 N–H and O–H groups in total. The van der Waals surface area contributed by atoms with E-state index < -0.39 is 0 Å². The first kappa shape index (κ1) is 9.91. The van der Waals surface area contributed by atoms with E-state index in [1.807, 2.05) is 19.2 Å². The molecule has 15 heavy (non-hydrogen) atoms. The highest BCUT2D eigenvalue weighted by molar-refractivity contribution is 5.63. The van der Waals surface area contributed by atoms with Gasteiger partial charge in [0, 0.05) is 17.5 Å². The van der Waals surface area contributed by atoms with Crippen LogP contribution in [-0.4, -0.2) is 4.98 Å². The molecule has 1 heteroatoms. The second kappa shape index (κ2) is 4.26. The van der Waals surface area contributed by atoms with E-state index in [4.69, 9.17) is 0 Å². The van der Waals surface area contributed by atoms with Crippen molar-refractivity contribution in [2.75, 3.05) is 0 Å². The van der Waals surface area contributed by atoms with Gasteiger partial charge in [-0.2, -0.15) is 0 Å². The predicted molar refractivity (Wildman–Crippen MR) is 63.8 cm³/mol. The van der Waals surface area contributed by atoms with Gasteiger partial charge < -0.3 is 0 Å². The summed E-state index contributed by atoms with van der Waals surface area (Å²) in [5.41, 5.74) is 4.87. The number of aryl methyl sites for hydroxylation is 2. The fourth-order valence-corrected chi connectivity index (χ4v) is 1.61. The highest BCUT2D eigenvalue weighted by atomic mass is 14.7. The number of nitrogens with zero attached hydrogens (tertiary/aromatic N) is 1. The third kappa shape index (κ3) is 2.24. The zero-order valence-electron chi connectivity index (χ0n) is 9.20. The minimum Gasteiger partial charge on any atom is -0.261 e. The van der Waals surface area contributed by atoms with Crippen molar-refractivity contribution in [2.24, 2.45) is 0 Å². The van der Waals surface area contributed by atoms with Crippen LogP contribution in [0.15, 0.2) is 42.6 Å². The second-order valence-corrected chi connectivity index (χ2v) is 3.74. The van der Waals surface area contributed by atoms with E-state index in [-0.39, 0.29) is 0 Å². The number of pyridine rings is 1. The molecule has 0 atom stereocenters. The molecule has 0 radical (unpaired) electrons. The summed E-state index contributed by atoms with van der Waals surface area (Å²) in [6.45, 7) is 4.18. The van der Waals surface area contributed by atoms with Gasteiger partial charge in [0.2, 0.25) is 0 Å². The molecule has 0 bridgehead atoms. The standard InChI is InChI=1S/C14H15N/c1-3-12-5-4-6-13(9-12)14-8-7-11(2)15-10-14/h4-10H,3H2,1-2H3. The second-order valence-electron chi connectivity index (χ2n) is 3.74. The Morgan fingerprint density at radius 2 is 1.93 bits per heavy atom. The van der Waals surface area contributed by atoms with E-state index in [2.05, 4.69) is 42.2 Å². The molecule has 0 saturated carbocycles. The largest absolute Gasteiger partial charge is 0.261 e. The molecule has 0 aliphatic carbocycles. The molecule has 0 aliphatic rings. The van der Waals surface area contributed by atoms with E-state index in [0.717, 1.165) is 12.1 Å². The molecule has 0 fully saturated rings. The molecule has 0 amide bonds. The fourth-order valence-electron chi connectivity index (χ4n) is 1.61. The number of hydrogen-bond acceptors (Lipinski definition) is 1. The number of hydrogen-bond donors (Lipinski definition) is 0. The average Bonchev–Trinajstić information content (AvgIpc) is 2.30. The Kier molecular flexibility index (Phi) is 2.82. The summed E-state index contributed by atoms with van der Waals surface area (Å²) in [7, 11) is 0. The van der Waals surface area contributed by atoms with E-state index in [1.165, 1.54) is 16.7 Å². The first-order chi connectivity index (χ1) is 7.29. The van der Waals surface area contributed by atoms with Gasteiger partial charge >= 0.3 is 0 Å². The lowest BCUT2D eigenvalue weighted by atomic mass is 10.0. The summed E-state index contributed by atoms with van der Waals surface area (Å²) in [6.07, 6.45) is 3.01. The van der Waals surface area contributed by atoms with Crippen LogP contribution in [0, 0.1) is 6.92 Å². The molecule has 0 aliphatic heterocycles. The van der Waals surface area contributed by atoms with Crippen molar-refractivity contribution in [1.29, 1.82) is 0 Å². The maximum Gasteiger partial charge on any atom is 0.0373 e. The Hall–Kier alpha value is -1.63. The Morgan fingerprint density at radius 1 is 1.07 bits per heavy atom. The lowest BCUT2D eigenvalue weighted by molar-refractivity contribution is 1.14. The zero-order chi connectivity index (χ0) is 10.7. The van der Waals surface area contributed by atoms with Crippen LogP contribution in [0.5, 0.6) is 0 Å². The first-order valence-electron chi connectivity index (χ1n) is 5.31. The summed E-state index contributed by atoms with van der Waals surface area (Å²) in [4.78, 5) is 4.31. The molecule has 0 unspecified atom stereocenters. The number of aromatic nitrogens is 1. The Labute approximate surface area is 90.8 Å². The summed E-state index contributed by atoms with van der Waals surface area (Å²) in [6, 6.07) is 12.8. The molecule has 1 heterocycles. The zero-order valence-corrected chi connectivity index (χ0v) is 9.20. The van der Waals surface area contributed by atoms with Crippen molar-refractivity contribution < 1.29 is 0 Å². The Balaban J connectivity index is 2.40. The van der Waals surface area contributed by atoms with Crippen molar-refractivity contribution >= 4 is 0 Å². The van der Waals surface area contributed by atoms with Gasteiger partial charge in [-0.25, -0.2) is 0 Å². The van der Waals surface area contributed by atoms with E-state index in [1.54, 1.807) is 0 Å². The molecular weight excluding hydrogens is 182 g/mol. The van der Waals surface area contributed by atoms with Gasteiger partial charge in [-0.1, -0.05) is 37.3 Å². The van der Waals surface area contributed by atoms with Gasteiger partial charge in [0.1, 0.15) is 0 Å². The van der Waals surface area contributed by atoms with Crippen molar-refractivity contribution in [1.82, 2.24) is 4.98 Å². The first-order valence-corrected chi connectivity index (χ1v) is 5.31. The molecular formula is C14H15N.